The summed E-state index contributed by atoms with van der Waals surface area (Å²) in [4.78, 5) is 13.1. The van der Waals surface area contributed by atoms with E-state index in [0.717, 1.165) is 5.56 Å². The summed E-state index contributed by atoms with van der Waals surface area (Å²) in [6.45, 7) is 0.616. The Morgan fingerprint density at radius 3 is 2.62 bits per heavy atom. The van der Waals surface area contributed by atoms with Crippen LogP contribution < -0.4 is 0 Å². The highest BCUT2D eigenvalue weighted by molar-refractivity contribution is 6.42. The van der Waals surface area contributed by atoms with E-state index in [-0.39, 0.29) is 5.91 Å². The molecule has 0 unspecified atom stereocenters. The minimum absolute atomic E-state index is 0.00793. The van der Waals surface area contributed by atoms with Crippen LogP contribution in [0.4, 0.5) is 0 Å². The maximum Gasteiger partial charge on any atom is 0.254 e. The van der Waals surface area contributed by atoms with E-state index in [1.807, 2.05) is 0 Å². The lowest BCUT2D eigenvalue weighted by Crippen LogP contribution is -2.17. The highest BCUT2D eigenvalue weighted by atomic mass is 35.5. The van der Waals surface area contributed by atoms with E-state index in [2.05, 4.69) is 0 Å². The molecule has 68 valence electrons. The number of fused-ring (bicyclic) bond motifs is 1. The van der Waals surface area contributed by atoms with Crippen molar-refractivity contribution in [2.75, 3.05) is 7.05 Å². The van der Waals surface area contributed by atoms with Gasteiger partial charge in [0.05, 0.1) is 10.0 Å². The van der Waals surface area contributed by atoms with Crippen molar-refractivity contribution >= 4 is 29.1 Å². The molecule has 0 spiro atoms. The number of nitrogens with zero attached hydrogens (tertiary/aromatic N) is 1. The van der Waals surface area contributed by atoms with Crippen molar-refractivity contribution in [3.8, 4) is 0 Å². The Balaban J connectivity index is 2.59. The number of benzene rings is 1. The van der Waals surface area contributed by atoms with E-state index in [4.69, 9.17) is 23.2 Å². The monoisotopic (exact) mass is 215 g/mol. The summed E-state index contributed by atoms with van der Waals surface area (Å²) < 4.78 is 0. The van der Waals surface area contributed by atoms with Crippen LogP contribution in [-0.4, -0.2) is 17.9 Å². The highest BCUT2D eigenvalue weighted by Gasteiger charge is 2.25. The third-order valence-electron chi connectivity index (χ3n) is 2.13. The summed E-state index contributed by atoms with van der Waals surface area (Å²) in [6.07, 6.45) is 0. The second-order valence-electron chi connectivity index (χ2n) is 3.08. The van der Waals surface area contributed by atoms with Gasteiger partial charge in [-0.1, -0.05) is 23.2 Å². The maximum atomic E-state index is 11.5. The molecule has 0 aliphatic carbocycles. The molecule has 0 bridgehead atoms. The van der Waals surface area contributed by atoms with Gasteiger partial charge in [0.2, 0.25) is 0 Å². The van der Waals surface area contributed by atoms with E-state index in [1.54, 1.807) is 24.1 Å². The molecule has 1 amide bonds. The number of halogens is 2. The van der Waals surface area contributed by atoms with Crippen molar-refractivity contribution in [3.63, 3.8) is 0 Å². The van der Waals surface area contributed by atoms with Crippen molar-refractivity contribution in [3.05, 3.63) is 33.3 Å². The third-order valence-corrected chi connectivity index (χ3v) is 2.85. The molecule has 0 radical (unpaired) electrons. The second-order valence-corrected chi connectivity index (χ2v) is 3.90. The van der Waals surface area contributed by atoms with Crippen LogP contribution in [0, 0.1) is 0 Å². The van der Waals surface area contributed by atoms with Crippen LogP contribution in [0.3, 0.4) is 0 Å². The maximum absolute atomic E-state index is 11.5. The van der Waals surface area contributed by atoms with Crippen LogP contribution in [0.15, 0.2) is 12.1 Å². The van der Waals surface area contributed by atoms with Gasteiger partial charge in [0, 0.05) is 19.2 Å². The zero-order chi connectivity index (χ0) is 9.59. The van der Waals surface area contributed by atoms with Gasteiger partial charge in [0.1, 0.15) is 0 Å². The SMILES string of the molecule is CN1Cc2cc(Cl)c(Cl)cc2C1=O. The topological polar surface area (TPSA) is 20.3 Å². The van der Waals surface area contributed by atoms with Crippen LogP contribution in [0.5, 0.6) is 0 Å². The molecule has 4 heteroatoms. The fraction of sp³-hybridized carbons (Fsp3) is 0.222. The molecule has 1 aliphatic heterocycles. The molecule has 0 atom stereocenters. The van der Waals surface area contributed by atoms with Gasteiger partial charge in [-0.15, -0.1) is 0 Å². The lowest BCUT2D eigenvalue weighted by atomic mass is 10.1. The molecule has 1 aliphatic rings. The number of hydrogen-bond donors (Lipinski definition) is 0. The van der Waals surface area contributed by atoms with Gasteiger partial charge in [-0.25, -0.2) is 0 Å². The summed E-state index contributed by atoms with van der Waals surface area (Å²) in [7, 11) is 1.75. The van der Waals surface area contributed by atoms with Gasteiger partial charge >= 0.3 is 0 Å². The number of carbonyl (C=O) groups excluding carboxylic acids is 1. The molecule has 13 heavy (non-hydrogen) atoms. The van der Waals surface area contributed by atoms with Gasteiger partial charge in [-0.3, -0.25) is 4.79 Å². The summed E-state index contributed by atoms with van der Waals surface area (Å²) >= 11 is 11.6. The van der Waals surface area contributed by atoms with Gasteiger partial charge in [-0.05, 0) is 17.7 Å². The Morgan fingerprint density at radius 2 is 1.92 bits per heavy atom. The van der Waals surface area contributed by atoms with Gasteiger partial charge in [0.25, 0.3) is 5.91 Å². The zero-order valence-electron chi connectivity index (χ0n) is 6.97. The first-order chi connectivity index (χ1) is 6.09. The minimum Gasteiger partial charge on any atom is -0.337 e. The molecule has 0 saturated heterocycles. The van der Waals surface area contributed by atoms with E-state index in [9.17, 15) is 4.79 Å². The lowest BCUT2D eigenvalue weighted by Gasteiger charge is -2.04. The summed E-state index contributed by atoms with van der Waals surface area (Å²) in [6, 6.07) is 3.38. The first kappa shape index (κ1) is 8.85. The van der Waals surface area contributed by atoms with E-state index in [1.165, 1.54) is 0 Å². The Labute approximate surface area is 86.0 Å². The summed E-state index contributed by atoms with van der Waals surface area (Å²) in [5, 5.41) is 0.938. The Bertz CT molecular complexity index is 389. The van der Waals surface area contributed by atoms with E-state index < -0.39 is 0 Å². The van der Waals surface area contributed by atoms with Crippen LogP contribution in [0.25, 0.3) is 0 Å². The summed E-state index contributed by atoms with van der Waals surface area (Å²) in [5.74, 6) is 0.00793. The highest BCUT2D eigenvalue weighted by Crippen LogP contribution is 2.30. The number of carbonyl (C=O) groups is 1. The Kier molecular flexibility index (Phi) is 1.97. The molecule has 0 saturated carbocycles. The zero-order valence-corrected chi connectivity index (χ0v) is 8.49. The molecule has 1 aromatic carbocycles. The van der Waals surface area contributed by atoms with Crippen molar-refractivity contribution in [1.82, 2.24) is 4.90 Å². The first-order valence-corrected chi connectivity index (χ1v) is 4.58. The average Bonchev–Trinajstić information content (AvgIpc) is 2.32. The van der Waals surface area contributed by atoms with Crippen LogP contribution in [0.2, 0.25) is 10.0 Å². The number of rotatable bonds is 0. The van der Waals surface area contributed by atoms with Crippen LogP contribution in [-0.2, 0) is 6.54 Å². The average molecular weight is 216 g/mol. The smallest absolute Gasteiger partial charge is 0.254 e. The van der Waals surface area contributed by atoms with E-state index >= 15 is 0 Å². The predicted octanol–water partition coefficient (Wildman–Crippen LogP) is 2.58. The van der Waals surface area contributed by atoms with Crippen molar-refractivity contribution in [2.45, 2.75) is 6.54 Å². The molecule has 0 aromatic heterocycles. The molecule has 1 aromatic rings. The largest absolute Gasteiger partial charge is 0.337 e. The first-order valence-electron chi connectivity index (χ1n) is 3.83. The summed E-state index contributed by atoms with van der Waals surface area (Å²) in [5.41, 5.74) is 1.61. The van der Waals surface area contributed by atoms with Gasteiger partial charge < -0.3 is 4.90 Å². The molecular formula is C9H7Cl2NO. The number of hydrogen-bond acceptors (Lipinski definition) is 1. The third kappa shape index (κ3) is 1.30. The fourth-order valence-corrected chi connectivity index (χ4v) is 1.80. The molecule has 2 nitrogen and oxygen atoms in total. The van der Waals surface area contributed by atoms with E-state index in [0.29, 0.717) is 22.2 Å². The van der Waals surface area contributed by atoms with Gasteiger partial charge in [0.15, 0.2) is 0 Å². The van der Waals surface area contributed by atoms with Crippen molar-refractivity contribution < 1.29 is 4.79 Å². The molecule has 0 N–H and O–H groups in total. The second kappa shape index (κ2) is 2.89. The molecular weight excluding hydrogens is 209 g/mol. The predicted molar refractivity (Wildman–Crippen MR) is 52.3 cm³/mol. The molecule has 2 rings (SSSR count). The molecule has 1 heterocycles. The normalized spacial score (nSPS) is 15.0. The Hall–Kier alpha value is -0.730. The Morgan fingerprint density at radius 1 is 1.31 bits per heavy atom. The standard InChI is InChI=1S/C9H7Cl2NO/c1-12-4-5-2-7(10)8(11)3-6(5)9(12)13/h2-3H,4H2,1H3. The minimum atomic E-state index is 0.00793. The van der Waals surface area contributed by atoms with Crippen molar-refractivity contribution in [1.29, 1.82) is 0 Å². The van der Waals surface area contributed by atoms with Crippen LogP contribution >= 0.6 is 23.2 Å². The number of amides is 1. The van der Waals surface area contributed by atoms with Crippen molar-refractivity contribution in [2.24, 2.45) is 0 Å². The van der Waals surface area contributed by atoms with Crippen LogP contribution in [0.1, 0.15) is 15.9 Å². The quantitative estimate of drug-likeness (QED) is 0.652. The molecule has 0 fully saturated rings. The van der Waals surface area contributed by atoms with Gasteiger partial charge in [-0.2, -0.15) is 0 Å². The fourth-order valence-electron chi connectivity index (χ4n) is 1.45. The lowest BCUT2D eigenvalue weighted by molar-refractivity contribution is 0.0816.